The number of carbonyl (C=O) groups is 1. The molecule has 0 spiro atoms. The number of hydrogen-bond acceptors (Lipinski definition) is 3. The van der Waals surface area contributed by atoms with Crippen molar-refractivity contribution in [2.45, 2.75) is 6.54 Å². The molecule has 1 aromatic carbocycles. The van der Waals surface area contributed by atoms with Gasteiger partial charge >= 0.3 is 0 Å². The maximum atomic E-state index is 13.5. The fourth-order valence-electron chi connectivity index (χ4n) is 1.97. The van der Waals surface area contributed by atoms with Crippen LogP contribution in [0.3, 0.4) is 0 Å². The lowest BCUT2D eigenvalue weighted by Crippen LogP contribution is -2.23. The Morgan fingerprint density at radius 2 is 2.30 bits per heavy atom. The maximum Gasteiger partial charge on any atom is 0.253 e. The van der Waals surface area contributed by atoms with E-state index in [1.54, 1.807) is 18.5 Å². The van der Waals surface area contributed by atoms with E-state index in [1.165, 1.54) is 18.5 Å². The zero-order valence-electron chi connectivity index (χ0n) is 10.4. The maximum absolute atomic E-state index is 13.5. The van der Waals surface area contributed by atoms with Gasteiger partial charge in [0.1, 0.15) is 11.3 Å². The van der Waals surface area contributed by atoms with Crippen molar-refractivity contribution < 1.29 is 9.18 Å². The topological polar surface area (TPSA) is 70.7 Å². The van der Waals surface area contributed by atoms with Crippen molar-refractivity contribution in [1.82, 2.24) is 20.3 Å². The number of aromatic nitrogens is 3. The van der Waals surface area contributed by atoms with Crippen molar-refractivity contribution in [3.8, 4) is 0 Å². The molecular formula is C14H11FN4O. The van der Waals surface area contributed by atoms with E-state index in [9.17, 15) is 9.18 Å². The van der Waals surface area contributed by atoms with Crippen LogP contribution in [0.2, 0.25) is 0 Å². The summed E-state index contributed by atoms with van der Waals surface area (Å²) in [7, 11) is 0. The Kier molecular flexibility index (Phi) is 3.12. The normalized spacial score (nSPS) is 10.7. The molecule has 0 aliphatic rings. The van der Waals surface area contributed by atoms with Gasteiger partial charge < -0.3 is 10.3 Å². The first-order valence-corrected chi connectivity index (χ1v) is 6.04. The standard InChI is InChI=1S/C14H11FN4O/c15-10-4-11(13-12(5-10)18-8-19-13)14(20)17-7-9-2-1-3-16-6-9/h1-6,8H,7H2,(H,17,20)(H,18,19). The number of rotatable bonds is 3. The summed E-state index contributed by atoms with van der Waals surface area (Å²) in [4.78, 5) is 22.9. The van der Waals surface area contributed by atoms with Crippen LogP contribution in [0.1, 0.15) is 15.9 Å². The molecule has 0 fully saturated rings. The van der Waals surface area contributed by atoms with Gasteiger partial charge in [-0.2, -0.15) is 0 Å². The minimum atomic E-state index is -0.478. The van der Waals surface area contributed by atoms with Gasteiger partial charge in [0.25, 0.3) is 5.91 Å². The van der Waals surface area contributed by atoms with Crippen molar-refractivity contribution in [3.05, 3.63) is 59.9 Å². The van der Waals surface area contributed by atoms with Gasteiger partial charge in [0.15, 0.2) is 0 Å². The van der Waals surface area contributed by atoms with Crippen molar-refractivity contribution in [2.75, 3.05) is 0 Å². The Morgan fingerprint density at radius 1 is 1.40 bits per heavy atom. The van der Waals surface area contributed by atoms with Crippen LogP contribution in [0, 0.1) is 5.82 Å². The molecule has 2 heterocycles. The number of carbonyl (C=O) groups excluding carboxylic acids is 1. The second kappa shape index (κ2) is 5.08. The second-order valence-corrected chi connectivity index (χ2v) is 4.30. The summed E-state index contributed by atoms with van der Waals surface area (Å²) in [5.41, 5.74) is 2.03. The molecule has 0 atom stereocenters. The van der Waals surface area contributed by atoms with Gasteiger partial charge in [-0.1, -0.05) is 6.07 Å². The van der Waals surface area contributed by atoms with Gasteiger partial charge in [0, 0.05) is 18.9 Å². The molecule has 0 bridgehead atoms. The van der Waals surface area contributed by atoms with Gasteiger partial charge in [-0.05, 0) is 23.8 Å². The molecule has 5 nitrogen and oxygen atoms in total. The molecule has 20 heavy (non-hydrogen) atoms. The first-order chi connectivity index (χ1) is 9.74. The highest BCUT2D eigenvalue weighted by molar-refractivity contribution is 6.04. The summed E-state index contributed by atoms with van der Waals surface area (Å²) in [5, 5.41) is 2.72. The average molecular weight is 270 g/mol. The van der Waals surface area contributed by atoms with Crippen LogP contribution in [0.25, 0.3) is 11.0 Å². The number of halogens is 1. The minimum Gasteiger partial charge on any atom is -0.348 e. The highest BCUT2D eigenvalue weighted by Gasteiger charge is 2.13. The summed E-state index contributed by atoms with van der Waals surface area (Å²) < 4.78 is 13.5. The molecule has 2 aromatic heterocycles. The molecule has 0 saturated carbocycles. The number of aromatic amines is 1. The molecule has 0 unspecified atom stereocenters. The molecule has 0 radical (unpaired) electrons. The fraction of sp³-hybridized carbons (Fsp3) is 0.0714. The predicted octanol–water partition coefficient (Wildman–Crippen LogP) is 2.03. The molecule has 2 N–H and O–H groups in total. The molecule has 0 saturated heterocycles. The summed E-state index contributed by atoms with van der Waals surface area (Å²) >= 11 is 0. The van der Waals surface area contributed by atoms with Gasteiger partial charge in [-0.3, -0.25) is 9.78 Å². The van der Waals surface area contributed by atoms with E-state index in [1.807, 2.05) is 6.07 Å². The average Bonchev–Trinajstić information content (AvgIpc) is 2.93. The largest absolute Gasteiger partial charge is 0.348 e. The van der Waals surface area contributed by atoms with Crippen LogP contribution >= 0.6 is 0 Å². The molecule has 0 aliphatic carbocycles. The van der Waals surface area contributed by atoms with Gasteiger partial charge in [0.05, 0.1) is 17.4 Å². The van der Waals surface area contributed by atoms with E-state index < -0.39 is 5.82 Å². The third-order valence-electron chi connectivity index (χ3n) is 2.91. The lowest BCUT2D eigenvalue weighted by atomic mass is 10.1. The lowest BCUT2D eigenvalue weighted by Gasteiger charge is -2.06. The van der Waals surface area contributed by atoms with Crippen molar-refractivity contribution in [2.24, 2.45) is 0 Å². The Bertz CT molecular complexity index is 754. The number of nitrogens with one attached hydrogen (secondary N) is 2. The summed E-state index contributed by atoms with van der Waals surface area (Å²) in [5.74, 6) is -0.848. The van der Waals surface area contributed by atoms with Crippen molar-refractivity contribution >= 4 is 16.9 Å². The van der Waals surface area contributed by atoms with E-state index in [0.29, 0.717) is 17.6 Å². The number of fused-ring (bicyclic) bond motifs is 1. The van der Waals surface area contributed by atoms with Gasteiger partial charge in [-0.15, -0.1) is 0 Å². The summed E-state index contributed by atoms with van der Waals surface area (Å²) in [6.07, 6.45) is 4.75. The molecule has 100 valence electrons. The second-order valence-electron chi connectivity index (χ2n) is 4.30. The SMILES string of the molecule is O=C(NCc1cccnc1)c1cc(F)cc2[nH]cnc12. The van der Waals surface area contributed by atoms with Crippen LogP contribution in [-0.4, -0.2) is 20.9 Å². The van der Waals surface area contributed by atoms with Crippen LogP contribution in [0.5, 0.6) is 0 Å². The fourth-order valence-corrected chi connectivity index (χ4v) is 1.97. The monoisotopic (exact) mass is 270 g/mol. The van der Waals surface area contributed by atoms with Crippen molar-refractivity contribution in [3.63, 3.8) is 0 Å². The van der Waals surface area contributed by atoms with Crippen molar-refractivity contribution in [1.29, 1.82) is 0 Å². The molecule has 1 amide bonds. The van der Waals surface area contributed by atoms with E-state index in [0.717, 1.165) is 5.56 Å². The van der Waals surface area contributed by atoms with E-state index in [4.69, 9.17) is 0 Å². The summed E-state index contributed by atoms with van der Waals surface area (Å²) in [6.45, 7) is 0.328. The quantitative estimate of drug-likeness (QED) is 0.765. The number of H-pyrrole nitrogens is 1. The smallest absolute Gasteiger partial charge is 0.253 e. The predicted molar refractivity (Wildman–Crippen MR) is 71.5 cm³/mol. The van der Waals surface area contributed by atoms with E-state index in [2.05, 4.69) is 20.3 Å². The first-order valence-electron chi connectivity index (χ1n) is 6.04. The highest BCUT2D eigenvalue weighted by atomic mass is 19.1. The Labute approximate surface area is 113 Å². The zero-order chi connectivity index (χ0) is 13.9. The molecular weight excluding hydrogens is 259 g/mol. The van der Waals surface area contributed by atoms with E-state index in [-0.39, 0.29) is 11.5 Å². The zero-order valence-corrected chi connectivity index (χ0v) is 10.4. The molecule has 0 aliphatic heterocycles. The number of benzene rings is 1. The Balaban J connectivity index is 1.84. The number of pyridine rings is 1. The number of amides is 1. The highest BCUT2D eigenvalue weighted by Crippen LogP contribution is 2.17. The molecule has 6 heteroatoms. The molecule has 3 rings (SSSR count). The third kappa shape index (κ3) is 2.35. The van der Waals surface area contributed by atoms with Crippen LogP contribution in [0.4, 0.5) is 4.39 Å². The van der Waals surface area contributed by atoms with Crippen LogP contribution in [-0.2, 0) is 6.54 Å². The molecule has 3 aromatic rings. The van der Waals surface area contributed by atoms with Crippen LogP contribution < -0.4 is 5.32 Å². The van der Waals surface area contributed by atoms with Gasteiger partial charge in [-0.25, -0.2) is 9.37 Å². The van der Waals surface area contributed by atoms with Crippen LogP contribution in [0.15, 0.2) is 43.0 Å². The number of hydrogen-bond donors (Lipinski definition) is 2. The summed E-state index contributed by atoms with van der Waals surface area (Å²) in [6, 6.07) is 6.13. The minimum absolute atomic E-state index is 0.213. The Hall–Kier alpha value is -2.76. The van der Waals surface area contributed by atoms with E-state index >= 15 is 0 Å². The third-order valence-corrected chi connectivity index (χ3v) is 2.91. The Morgan fingerprint density at radius 3 is 3.10 bits per heavy atom. The van der Waals surface area contributed by atoms with Gasteiger partial charge in [0.2, 0.25) is 0 Å². The number of nitrogens with zero attached hydrogens (tertiary/aromatic N) is 2. The lowest BCUT2D eigenvalue weighted by molar-refractivity contribution is 0.0952. The first kappa shape index (κ1) is 12.3. The number of imidazole rings is 1.